The van der Waals surface area contributed by atoms with Gasteiger partial charge < -0.3 is 10.5 Å². The van der Waals surface area contributed by atoms with Crippen LogP contribution in [0.1, 0.15) is 26.2 Å². The molecule has 7 heteroatoms. The summed E-state index contributed by atoms with van der Waals surface area (Å²) in [5, 5.41) is 0. The van der Waals surface area contributed by atoms with E-state index < -0.39 is 10.0 Å². The molecule has 20 heavy (non-hydrogen) atoms. The van der Waals surface area contributed by atoms with Crippen molar-refractivity contribution in [3.05, 3.63) is 16.6 Å². The monoisotopic (exact) mass is 362 g/mol. The summed E-state index contributed by atoms with van der Waals surface area (Å²) >= 11 is 3.26. The lowest BCUT2D eigenvalue weighted by Gasteiger charge is -2.16. The molecule has 2 unspecified atom stereocenters. The highest BCUT2D eigenvalue weighted by molar-refractivity contribution is 9.10. The fourth-order valence-corrected chi connectivity index (χ4v) is 4.31. The standard InChI is InChI=1S/C13H19BrN2O3S/c1-8-3-4-9(5-8)16-20(17,18)13-7-11(15)10(14)6-12(13)19-2/h6-9,16H,3-5,15H2,1-2H3. The first kappa shape index (κ1) is 15.6. The summed E-state index contributed by atoms with van der Waals surface area (Å²) in [5.74, 6) is 0.837. The highest BCUT2D eigenvalue weighted by atomic mass is 79.9. The van der Waals surface area contributed by atoms with Crippen molar-refractivity contribution in [2.45, 2.75) is 37.1 Å². The number of hydrogen-bond donors (Lipinski definition) is 2. The smallest absolute Gasteiger partial charge is 0.244 e. The first-order valence-electron chi connectivity index (χ1n) is 6.49. The van der Waals surface area contributed by atoms with Gasteiger partial charge in [-0.05, 0) is 53.2 Å². The molecule has 2 atom stereocenters. The molecule has 1 fully saturated rings. The van der Waals surface area contributed by atoms with E-state index in [-0.39, 0.29) is 16.7 Å². The van der Waals surface area contributed by atoms with Gasteiger partial charge in [0, 0.05) is 16.2 Å². The van der Waals surface area contributed by atoms with Gasteiger partial charge >= 0.3 is 0 Å². The summed E-state index contributed by atoms with van der Waals surface area (Å²) < 4.78 is 33.5. The SMILES string of the molecule is COc1cc(Br)c(N)cc1S(=O)(=O)NC1CCC(C)C1. The number of halogens is 1. The first-order valence-corrected chi connectivity index (χ1v) is 8.76. The highest BCUT2D eigenvalue weighted by Crippen LogP contribution is 2.33. The van der Waals surface area contributed by atoms with Gasteiger partial charge in [-0.15, -0.1) is 0 Å². The largest absolute Gasteiger partial charge is 0.495 e. The molecule has 2 rings (SSSR count). The van der Waals surface area contributed by atoms with E-state index in [9.17, 15) is 8.42 Å². The van der Waals surface area contributed by atoms with Crippen molar-refractivity contribution in [1.82, 2.24) is 4.72 Å². The zero-order valence-corrected chi connectivity index (χ0v) is 13.9. The molecule has 1 aliphatic carbocycles. The van der Waals surface area contributed by atoms with Crippen LogP contribution in [0.15, 0.2) is 21.5 Å². The third-order valence-corrected chi connectivity index (χ3v) is 5.82. The van der Waals surface area contributed by atoms with Crippen molar-refractivity contribution in [3.63, 3.8) is 0 Å². The molecule has 1 aliphatic rings. The van der Waals surface area contributed by atoms with Crippen LogP contribution in [0, 0.1) is 5.92 Å². The van der Waals surface area contributed by atoms with E-state index in [1.165, 1.54) is 13.2 Å². The first-order chi connectivity index (χ1) is 9.33. The average Bonchev–Trinajstić information content (AvgIpc) is 2.76. The van der Waals surface area contributed by atoms with Crippen LogP contribution in [-0.2, 0) is 10.0 Å². The summed E-state index contributed by atoms with van der Waals surface area (Å²) in [6, 6.07) is 2.98. The lowest BCUT2D eigenvalue weighted by Crippen LogP contribution is -2.33. The van der Waals surface area contributed by atoms with Crippen molar-refractivity contribution in [2.24, 2.45) is 5.92 Å². The predicted molar refractivity (Wildman–Crippen MR) is 82.2 cm³/mol. The molecular formula is C13H19BrN2O3S. The minimum atomic E-state index is -3.62. The van der Waals surface area contributed by atoms with Crippen molar-refractivity contribution in [3.8, 4) is 5.75 Å². The Hall–Kier alpha value is -0.790. The van der Waals surface area contributed by atoms with E-state index >= 15 is 0 Å². The topological polar surface area (TPSA) is 81.4 Å². The minimum absolute atomic E-state index is 0.00965. The molecule has 112 valence electrons. The van der Waals surface area contributed by atoms with E-state index in [2.05, 4.69) is 27.6 Å². The van der Waals surface area contributed by atoms with Crippen LogP contribution in [0.3, 0.4) is 0 Å². The third-order valence-electron chi connectivity index (χ3n) is 3.59. The molecule has 0 amide bonds. The molecule has 0 aromatic heterocycles. The molecule has 0 aliphatic heterocycles. The van der Waals surface area contributed by atoms with Gasteiger partial charge in [0.05, 0.1) is 7.11 Å². The van der Waals surface area contributed by atoms with Crippen LogP contribution < -0.4 is 15.2 Å². The maximum Gasteiger partial charge on any atom is 0.244 e. The number of rotatable bonds is 4. The Kier molecular flexibility index (Phi) is 4.61. The average molecular weight is 363 g/mol. The molecule has 3 N–H and O–H groups in total. The third kappa shape index (κ3) is 3.27. The lowest BCUT2D eigenvalue weighted by molar-refractivity contribution is 0.401. The maximum absolute atomic E-state index is 12.5. The second kappa shape index (κ2) is 5.91. The molecule has 0 heterocycles. The van der Waals surface area contributed by atoms with Crippen LogP contribution in [0.2, 0.25) is 0 Å². The Morgan fingerprint density at radius 2 is 2.10 bits per heavy atom. The Labute approximate surface area is 128 Å². The van der Waals surface area contributed by atoms with E-state index in [0.29, 0.717) is 16.1 Å². The summed E-state index contributed by atoms with van der Waals surface area (Å²) in [7, 11) is -2.19. The number of benzene rings is 1. The van der Waals surface area contributed by atoms with Gasteiger partial charge in [0.25, 0.3) is 0 Å². The van der Waals surface area contributed by atoms with Crippen LogP contribution >= 0.6 is 15.9 Å². The number of methoxy groups -OCH3 is 1. The maximum atomic E-state index is 12.5. The molecule has 0 radical (unpaired) electrons. The van der Waals surface area contributed by atoms with Crippen LogP contribution in [0.5, 0.6) is 5.75 Å². The zero-order chi connectivity index (χ0) is 14.9. The second-order valence-corrected chi connectivity index (χ2v) is 7.80. The summed E-state index contributed by atoms with van der Waals surface area (Å²) in [6.45, 7) is 2.13. The number of hydrogen-bond acceptors (Lipinski definition) is 4. The van der Waals surface area contributed by atoms with Crippen molar-refractivity contribution >= 4 is 31.6 Å². The van der Waals surface area contributed by atoms with Gasteiger partial charge in [-0.2, -0.15) is 0 Å². The summed E-state index contributed by atoms with van der Waals surface area (Å²) in [5.41, 5.74) is 6.14. The normalized spacial score (nSPS) is 22.9. The van der Waals surface area contributed by atoms with E-state index in [1.54, 1.807) is 6.07 Å². The highest BCUT2D eigenvalue weighted by Gasteiger charge is 2.28. The van der Waals surface area contributed by atoms with Crippen molar-refractivity contribution in [2.75, 3.05) is 12.8 Å². The Balaban J connectivity index is 2.31. The second-order valence-electron chi connectivity index (χ2n) is 5.26. The van der Waals surface area contributed by atoms with Crippen LogP contribution in [0.25, 0.3) is 0 Å². The fraction of sp³-hybridized carbons (Fsp3) is 0.538. The Bertz CT molecular complexity index is 604. The molecule has 1 aromatic rings. The number of nitrogens with two attached hydrogens (primary N) is 1. The van der Waals surface area contributed by atoms with Gasteiger partial charge in [-0.25, -0.2) is 13.1 Å². The molecule has 0 spiro atoms. The van der Waals surface area contributed by atoms with Gasteiger partial charge in [0.15, 0.2) is 0 Å². The number of sulfonamides is 1. The van der Waals surface area contributed by atoms with Crippen molar-refractivity contribution in [1.29, 1.82) is 0 Å². The quantitative estimate of drug-likeness (QED) is 0.806. The van der Waals surface area contributed by atoms with Crippen LogP contribution in [-0.4, -0.2) is 21.6 Å². The van der Waals surface area contributed by atoms with E-state index in [0.717, 1.165) is 19.3 Å². The number of nitrogen functional groups attached to an aromatic ring is 1. The lowest BCUT2D eigenvalue weighted by atomic mass is 10.1. The Morgan fingerprint density at radius 1 is 1.40 bits per heavy atom. The molecule has 0 saturated heterocycles. The predicted octanol–water partition coefficient (Wildman–Crippen LogP) is 2.51. The number of ether oxygens (including phenoxy) is 1. The molecule has 1 saturated carbocycles. The summed E-state index contributed by atoms with van der Waals surface area (Å²) in [4.78, 5) is 0.0836. The number of nitrogens with one attached hydrogen (secondary N) is 1. The number of anilines is 1. The fourth-order valence-electron chi connectivity index (χ4n) is 2.52. The van der Waals surface area contributed by atoms with E-state index in [1.807, 2.05) is 0 Å². The van der Waals surface area contributed by atoms with Gasteiger partial charge in [-0.3, -0.25) is 0 Å². The van der Waals surface area contributed by atoms with Crippen molar-refractivity contribution < 1.29 is 13.2 Å². The zero-order valence-electron chi connectivity index (χ0n) is 11.5. The Morgan fingerprint density at radius 3 is 2.65 bits per heavy atom. The molecular weight excluding hydrogens is 344 g/mol. The molecule has 1 aromatic carbocycles. The van der Waals surface area contributed by atoms with Gasteiger partial charge in [-0.1, -0.05) is 6.92 Å². The summed E-state index contributed by atoms with van der Waals surface area (Å²) in [6.07, 6.45) is 2.79. The van der Waals surface area contributed by atoms with Gasteiger partial charge in [0.2, 0.25) is 10.0 Å². The van der Waals surface area contributed by atoms with Gasteiger partial charge in [0.1, 0.15) is 10.6 Å². The van der Waals surface area contributed by atoms with Crippen LogP contribution in [0.4, 0.5) is 5.69 Å². The minimum Gasteiger partial charge on any atom is -0.495 e. The molecule has 5 nitrogen and oxygen atoms in total. The molecule has 0 bridgehead atoms. The van der Waals surface area contributed by atoms with E-state index in [4.69, 9.17) is 10.5 Å².